The summed E-state index contributed by atoms with van der Waals surface area (Å²) in [5.74, 6) is 1.08. The fourth-order valence-corrected chi connectivity index (χ4v) is 7.81. The highest BCUT2D eigenvalue weighted by molar-refractivity contribution is 7.91. The van der Waals surface area contributed by atoms with Gasteiger partial charge in [-0.05, 0) is 47.9 Å². The predicted octanol–water partition coefficient (Wildman–Crippen LogP) is 3.04. The number of hydrogen-bond donors (Lipinski definition) is 0. The molecular weight excluding hydrogens is 492 g/mol. The second kappa shape index (κ2) is 8.96. The van der Waals surface area contributed by atoms with Crippen LogP contribution in [0.1, 0.15) is 15.9 Å². The van der Waals surface area contributed by atoms with Gasteiger partial charge in [0.1, 0.15) is 17.3 Å². The minimum absolute atomic E-state index is 0.0711. The molecule has 178 valence electrons. The summed E-state index contributed by atoms with van der Waals surface area (Å²) in [5.41, 5.74) is 1.70. The smallest absolute Gasteiger partial charge is 0.279 e. The van der Waals surface area contributed by atoms with E-state index >= 15 is 0 Å². The van der Waals surface area contributed by atoms with Crippen molar-refractivity contribution in [1.82, 2.24) is 14.1 Å². The number of nitrogens with zero attached hydrogens (tertiary/aromatic N) is 4. The lowest BCUT2D eigenvalue weighted by atomic mass is 10.1. The molecule has 1 aromatic heterocycles. The van der Waals surface area contributed by atoms with Crippen LogP contribution in [0, 0.1) is 0 Å². The Hall–Kier alpha value is -2.46. The van der Waals surface area contributed by atoms with Gasteiger partial charge in [-0.15, -0.1) is 11.3 Å². The first-order valence-electron chi connectivity index (χ1n) is 11.1. The summed E-state index contributed by atoms with van der Waals surface area (Å²) in [4.78, 5) is 17.0. The van der Waals surface area contributed by atoms with Crippen molar-refractivity contribution in [3.8, 4) is 0 Å². The van der Waals surface area contributed by atoms with E-state index in [4.69, 9.17) is 11.6 Å². The highest BCUT2D eigenvalue weighted by Crippen LogP contribution is 2.33. The second-order valence-electron chi connectivity index (χ2n) is 8.69. The maximum Gasteiger partial charge on any atom is 0.279 e. The maximum atomic E-state index is 13.2. The molecule has 0 bridgehead atoms. The molecular formula is C24H26ClN4O3S2+. The van der Waals surface area contributed by atoms with Crippen molar-refractivity contribution in [3.05, 3.63) is 64.7 Å². The molecule has 1 saturated heterocycles. The molecule has 5 rings (SSSR count). The van der Waals surface area contributed by atoms with Crippen LogP contribution in [-0.4, -0.2) is 92.2 Å². The average Bonchev–Trinajstić information content (AvgIpc) is 3.41. The number of halogens is 1. The quantitative estimate of drug-likeness (QED) is 0.499. The van der Waals surface area contributed by atoms with Crippen molar-refractivity contribution >= 4 is 54.8 Å². The fourth-order valence-electron chi connectivity index (χ4n) is 4.55. The molecule has 0 aliphatic carbocycles. The van der Waals surface area contributed by atoms with Crippen molar-refractivity contribution < 1.29 is 17.8 Å². The number of fused-ring (bicyclic) bond motifs is 1. The molecule has 10 heteroatoms. The van der Waals surface area contributed by atoms with Gasteiger partial charge in [0, 0.05) is 41.5 Å². The minimum atomic E-state index is -3.62. The molecule has 7 nitrogen and oxygen atoms in total. The van der Waals surface area contributed by atoms with Crippen LogP contribution in [0.4, 0.5) is 0 Å². The molecule has 3 aromatic rings. The molecule has 1 fully saturated rings. The van der Waals surface area contributed by atoms with Gasteiger partial charge >= 0.3 is 0 Å². The van der Waals surface area contributed by atoms with Crippen LogP contribution < -0.4 is 0 Å². The first-order valence-corrected chi connectivity index (χ1v) is 13.8. The lowest BCUT2D eigenvalue weighted by Gasteiger charge is -2.33. The molecule has 2 aliphatic rings. The van der Waals surface area contributed by atoms with Crippen LogP contribution in [-0.2, 0) is 10.0 Å². The highest BCUT2D eigenvalue weighted by atomic mass is 35.5. The van der Waals surface area contributed by atoms with Crippen molar-refractivity contribution in [2.24, 2.45) is 0 Å². The van der Waals surface area contributed by atoms with Gasteiger partial charge in [0.15, 0.2) is 0 Å². The molecule has 0 saturated carbocycles. The van der Waals surface area contributed by atoms with E-state index in [1.165, 1.54) is 15.6 Å². The predicted molar refractivity (Wildman–Crippen MR) is 136 cm³/mol. The second-order valence-corrected chi connectivity index (χ2v) is 12.4. The summed E-state index contributed by atoms with van der Waals surface area (Å²) in [6, 6.07) is 14.7. The Kier molecular flexibility index (Phi) is 6.14. The standard InChI is InChI=1S/C24H26ClN4O3S2/c1-26-9-10-27(2)23(26)17-3-5-18(6-4-17)24(30)28-11-13-29(14-12-28)34(31,32)22-15-19-7-8-20(25)16-21(19)33-22/h3-8,15-16H,9-14H2,1-2H3/q+1. The van der Waals surface area contributed by atoms with Gasteiger partial charge in [-0.2, -0.15) is 4.31 Å². The zero-order valence-electron chi connectivity index (χ0n) is 19.1. The van der Waals surface area contributed by atoms with E-state index in [0.717, 1.165) is 34.6 Å². The summed E-state index contributed by atoms with van der Waals surface area (Å²) in [7, 11) is 0.520. The molecule has 0 radical (unpaired) electrons. The molecule has 3 heterocycles. The van der Waals surface area contributed by atoms with Crippen LogP contribution in [0.5, 0.6) is 0 Å². The van der Waals surface area contributed by atoms with Gasteiger partial charge in [-0.25, -0.2) is 8.42 Å². The van der Waals surface area contributed by atoms with Gasteiger partial charge in [0.25, 0.3) is 21.8 Å². The number of likely N-dealkylation sites (N-methyl/N-ethyl adjacent to an activating group) is 2. The third kappa shape index (κ3) is 4.22. The van der Waals surface area contributed by atoms with E-state index in [1.54, 1.807) is 23.1 Å². The topological polar surface area (TPSA) is 63.9 Å². The van der Waals surface area contributed by atoms with E-state index < -0.39 is 10.0 Å². The number of carbonyl (C=O) groups is 1. The van der Waals surface area contributed by atoms with E-state index in [9.17, 15) is 13.2 Å². The van der Waals surface area contributed by atoms with Crippen molar-refractivity contribution in [3.63, 3.8) is 0 Å². The Balaban J connectivity index is 1.26. The summed E-state index contributed by atoms with van der Waals surface area (Å²) < 4.78 is 31.2. The zero-order valence-corrected chi connectivity index (χ0v) is 21.5. The molecule has 34 heavy (non-hydrogen) atoms. The Morgan fingerprint density at radius 2 is 1.71 bits per heavy atom. The van der Waals surface area contributed by atoms with Crippen molar-refractivity contribution in [1.29, 1.82) is 0 Å². The number of amidine groups is 1. The fraction of sp³-hybridized carbons (Fsp3) is 0.333. The van der Waals surface area contributed by atoms with Crippen LogP contribution in [0.2, 0.25) is 5.02 Å². The lowest BCUT2D eigenvalue weighted by molar-refractivity contribution is -0.486. The molecule has 0 unspecified atom stereocenters. The lowest BCUT2D eigenvalue weighted by Crippen LogP contribution is -2.50. The van der Waals surface area contributed by atoms with Gasteiger partial charge in [0.2, 0.25) is 0 Å². The largest absolute Gasteiger partial charge is 0.336 e. The van der Waals surface area contributed by atoms with E-state index in [-0.39, 0.29) is 19.0 Å². The zero-order chi connectivity index (χ0) is 24.0. The summed E-state index contributed by atoms with van der Waals surface area (Å²) in [5, 5.41) is 1.44. The number of rotatable bonds is 4. The van der Waals surface area contributed by atoms with Crippen LogP contribution in [0.3, 0.4) is 0 Å². The van der Waals surface area contributed by atoms with Crippen LogP contribution >= 0.6 is 22.9 Å². The SMILES string of the molecule is CN1CC[N+](C)=C1c1ccc(C(=O)N2CCN(S(=O)(=O)c3cc4ccc(Cl)cc4s3)CC2)cc1. The normalized spacial score (nSPS) is 17.7. The Bertz CT molecular complexity index is 1390. The number of amides is 1. The number of sulfonamides is 1. The Labute approximate surface area is 208 Å². The van der Waals surface area contributed by atoms with E-state index in [2.05, 4.69) is 23.6 Å². The summed E-state index contributed by atoms with van der Waals surface area (Å²) >= 11 is 7.27. The maximum absolute atomic E-state index is 13.2. The first kappa shape index (κ1) is 23.3. The molecule has 0 atom stereocenters. The Morgan fingerprint density at radius 1 is 1.00 bits per heavy atom. The van der Waals surface area contributed by atoms with Gasteiger partial charge in [-0.3, -0.25) is 14.3 Å². The monoisotopic (exact) mass is 517 g/mol. The van der Waals surface area contributed by atoms with Crippen LogP contribution in [0.25, 0.3) is 10.1 Å². The third-order valence-corrected chi connectivity index (χ3v) is 10.1. The van der Waals surface area contributed by atoms with E-state index in [1.807, 2.05) is 30.3 Å². The van der Waals surface area contributed by atoms with Gasteiger partial charge in [0.05, 0.1) is 19.7 Å². The molecule has 0 N–H and O–H groups in total. The summed E-state index contributed by atoms with van der Waals surface area (Å²) in [6.45, 7) is 3.23. The Morgan fingerprint density at radius 3 is 2.35 bits per heavy atom. The average molecular weight is 518 g/mol. The minimum Gasteiger partial charge on any atom is -0.336 e. The summed E-state index contributed by atoms with van der Waals surface area (Å²) in [6.07, 6.45) is 0. The van der Waals surface area contributed by atoms with Gasteiger partial charge < -0.3 is 4.90 Å². The number of benzene rings is 2. The highest BCUT2D eigenvalue weighted by Gasteiger charge is 2.32. The first-order chi connectivity index (χ1) is 16.2. The van der Waals surface area contributed by atoms with Gasteiger partial charge in [-0.1, -0.05) is 17.7 Å². The molecule has 2 aliphatic heterocycles. The van der Waals surface area contributed by atoms with Crippen molar-refractivity contribution in [2.45, 2.75) is 4.21 Å². The number of carbonyl (C=O) groups excluding carboxylic acids is 1. The van der Waals surface area contributed by atoms with Crippen molar-refractivity contribution in [2.75, 3.05) is 53.4 Å². The van der Waals surface area contributed by atoms with Crippen LogP contribution in [0.15, 0.2) is 52.7 Å². The number of hydrogen-bond acceptors (Lipinski definition) is 5. The van der Waals surface area contributed by atoms with E-state index in [0.29, 0.717) is 27.9 Å². The number of piperazine rings is 1. The molecule has 1 amide bonds. The molecule has 2 aromatic carbocycles. The molecule has 0 spiro atoms. The number of thiophene rings is 1. The third-order valence-electron chi connectivity index (χ3n) is 6.46.